The van der Waals surface area contributed by atoms with E-state index in [2.05, 4.69) is 10.8 Å². The quantitative estimate of drug-likeness (QED) is 0.809. The third kappa shape index (κ3) is 4.33. The van der Waals surface area contributed by atoms with Crippen LogP contribution in [-0.2, 0) is 9.63 Å². The van der Waals surface area contributed by atoms with Gasteiger partial charge < -0.3 is 5.32 Å². The van der Waals surface area contributed by atoms with Crippen LogP contribution in [0.4, 0.5) is 0 Å². The lowest BCUT2D eigenvalue weighted by Crippen LogP contribution is -2.38. The molecule has 1 saturated carbocycles. The fraction of sp³-hybridized carbons (Fsp3) is 0.538. The molecule has 0 bridgehead atoms. The molecule has 1 heterocycles. The van der Waals surface area contributed by atoms with Crippen molar-refractivity contribution >= 4 is 23.2 Å². The number of carbonyl (C=O) groups is 2. The molecule has 6 heteroatoms. The maximum absolute atomic E-state index is 11.7. The minimum absolute atomic E-state index is 0.0670. The van der Waals surface area contributed by atoms with Crippen LogP contribution in [0.25, 0.3) is 0 Å². The number of hydrogen-bond donors (Lipinski definition) is 2. The lowest BCUT2D eigenvalue weighted by molar-refractivity contribution is -0.137. The van der Waals surface area contributed by atoms with Crippen molar-refractivity contribution in [2.24, 2.45) is 0 Å². The van der Waals surface area contributed by atoms with E-state index in [0.29, 0.717) is 4.88 Å². The molecule has 0 aromatic carbocycles. The minimum atomic E-state index is -0.325. The number of hydrogen-bond acceptors (Lipinski definition) is 4. The zero-order valence-electron chi connectivity index (χ0n) is 10.9. The van der Waals surface area contributed by atoms with Gasteiger partial charge in [-0.05, 0) is 31.9 Å². The van der Waals surface area contributed by atoms with E-state index in [-0.39, 0.29) is 24.5 Å². The minimum Gasteiger partial charge on any atom is -0.342 e. The second-order valence-electron chi connectivity index (χ2n) is 4.64. The number of amides is 2. The number of aryl methyl sites for hydroxylation is 1. The van der Waals surface area contributed by atoms with E-state index in [0.717, 1.165) is 30.6 Å². The van der Waals surface area contributed by atoms with Crippen LogP contribution in [0.5, 0.6) is 0 Å². The van der Waals surface area contributed by atoms with E-state index >= 15 is 0 Å². The second kappa shape index (κ2) is 6.68. The maximum atomic E-state index is 11.7. The van der Waals surface area contributed by atoms with E-state index in [9.17, 15) is 9.59 Å². The molecule has 1 aromatic rings. The first-order valence-corrected chi connectivity index (χ1v) is 7.26. The summed E-state index contributed by atoms with van der Waals surface area (Å²) in [6.45, 7) is 1.87. The van der Waals surface area contributed by atoms with Crippen LogP contribution in [0.2, 0.25) is 0 Å². The van der Waals surface area contributed by atoms with Gasteiger partial charge in [0.2, 0.25) is 0 Å². The molecule has 0 radical (unpaired) electrons. The molecule has 2 amide bonds. The average Bonchev–Trinajstić information content (AvgIpc) is 3.04. The van der Waals surface area contributed by atoms with Crippen molar-refractivity contribution in [1.82, 2.24) is 10.8 Å². The van der Waals surface area contributed by atoms with Crippen molar-refractivity contribution in [3.63, 3.8) is 0 Å². The summed E-state index contributed by atoms with van der Waals surface area (Å²) >= 11 is 1.41. The van der Waals surface area contributed by atoms with Crippen LogP contribution in [0.1, 0.15) is 40.2 Å². The highest BCUT2D eigenvalue weighted by molar-refractivity contribution is 7.13. The summed E-state index contributed by atoms with van der Waals surface area (Å²) < 4.78 is 0. The Morgan fingerprint density at radius 3 is 2.74 bits per heavy atom. The zero-order valence-corrected chi connectivity index (χ0v) is 11.7. The highest BCUT2D eigenvalue weighted by atomic mass is 32.1. The summed E-state index contributed by atoms with van der Waals surface area (Å²) in [5.41, 5.74) is 2.39. The highest BCUT2D eigenvalue weighted by Crippen LogP contribution is 2.19. The van der Waals surface area contributed by atoms with Gasteiger partial charge in [-0.15, -0.1) is 11.3 Å². The lowest BCUT2D eigenvalue weighted by Gasteiger charge is -2.11. The van der Waals surface area contributed by atoms with Crippen LogP contribution in [0.15, 0.2) is 12.1 Å². The van der Waals surface area contributed by atoms with Crippen molar-refractivity contribution in [2.45, 2.75) is 38.7 Å². The van der Waals surface area contributed by atoms with Crippen LogP contribution < -0.4 is 10.8 Å². The van der Waals surface area contributed by atoms with Gasteiger partial charge in [0.15, 0.2) is 0 Å². The van der Waals surface area contributed by atoms with Gasteiger partial charge in [0.05, 0.1) is 17.5 Å². The van der Waals surface area contributed by atoms with Gasteiger partial charge in [-0.1, -0.05) is 12.8 Å². The number of rotatable bonds is 5. The van der Waals surface area contributed by atoms with E-state index < -0.39 is 0 Å². The number of hydroxylamine groups is 1. The molecule has 0 atom stereocenters. The number of carbonyl (C=O) groups excluding carboxylic acids is 2. The van der Waals surface area contributed by atoms with E-state index in [1.165, 1.54) is 11.3 Å². The largest absolute Gasteiger partial charge is 0.342 e. The van der Waals surface area contributed by atoms with E-state index in [4.69, 9.17) is 4.84 Å². The summed E-state index contributed by atoms with van der Waals surface area (Å²) in [6, 6.07) is 3.63. The SMILES string of the molecule is Cc1ccc(C(=O)NCC(=O)NOC2CCCC2)s1. The Kier molecular flexibility index (Phi) is 4.93. The molecule has 0 spiro atoms. The Hall–Kier alpha value is -1.40. The Morgan fingerprint density at radius 2 is 2.11 bits per heavy atom. The molecule has 0 saturated heterocycles. The first-order valence-electron chi connectivity index (χ1n) is 6.44. The van der Waals surface area contributed by atoms with Gasteiger partial charge in [0.1, 0.15) is 0 Å². The second-order valence-corrected chi connectivity index (χ2v) is 5.93. The van der Waals surface area contributed by atoms with Gasteiger partial charge in [0.25, 0.3) is 11.8 Å². The number of nitrogens with one attached hydrogen (secondary N) is 2. The highest BCUT2D eigenvalue weighted by Gasteiger charge is 2.17. The van der Waals surface area contributed by atoms with Crippen molar-refractivity contribution in [3.05, 3.63) is 21.9 Å². The predicted molar refractivity (Wildman–Crippen MR) is 72.9 cm³/mol. The first-order chi connectivity index (χ1) is 9.15. The Morgan fingerprint density at radius 1 is 1.37 bits per heavy atom. The van der Waals surface area contributed by atoms with Crippen LogP contribution in [0, 0.1) is 6.92 Å². The summed E-state index contributed by atoms with van der Waals surface area (Å²) in [5.74, 6) is -0.553. The molecule has 5 nitrogen and oxygen atoms in total. The standard InChI is InChI=1S/C13H18N2O3S/c1-9-6-7-11(19-9)13(17)14-8-12(16)15-18-10-4-2-3-5-10/h6-7,10H,2-5,8H2,1H3,(H,14,17)(H,15,16). The molecule has 0 unspecified atom stereocenters. The van der Waals surface area contributed by atoms with Crippen LogP contribution in [0.3, 0.4) is 0 Å². The summed E-state index contributed by atoms with van der Waals surface area (Å²) in [7, 11) is 0. The molecular formula is C13H18N2O3S. The van der Waals surface area contributed by atoms with Crippen molar-refractivity contribution in [3.8, 4) is 0 Å². The Labute approximate surface area is 116 Å². The van der Waals surface area contributed by atoms with Gasteiger partial charge in [-0.3, -0.25) is 14.4 Å². The maximum Gasteiger partial charge on any atom is 0.262 e. The Bertz CT molecular complexity index is 452. The summed E-state index contributed by atoms with van der Waals surface area (Å²) in [4.78, 5) is 30.1. The fourth-order valence-corrected chi connectivity index (χ4v) is 2.78. The molecule has 1 fully saturated rings. The van der Waals surface area contributed by atoms with Gasteiger partial charge in [-0.2, -0.15) is 0 Å². The molecule has 2 N–H and O–H groups in total. The monoisotopic (exact) mass is 282 g/mol. The van der Waals surface area contributed by atoms with Crippen molar-refractivity contribution in [1.29, 1.82) is 0 Å². The van der Waals surface area contributed by atoms with Crippen LogP contribution in [-0.4, -0.2) is 24.5 Å². The zero-order chi connectivity index (χ0) is 13.7. The van der Waals surface area contributed by atoms with Gasteiger partial charge >= 0.3 is 0 Å². The van der Waals surface area contributed by atoms with Crippen molar-refractivity contribution in [2.75, 3.05) is 6.54 Å². The Balaban J connectivity index is 1.66. The molecule has 104 valence electrons. The fourth-order valence-electron chi connectivity index (χ4n) is 2.00. The molecule has 1 aliphatic rings. The molecule has 0 aliphatic heterocycles. The normalized spacial score (nSPS) is 15.4. The third-order valence-electron chi connectivity index (χ3n) is 3.02. The molecule has 1 aliphatic carbocycles. The molecule has 1 aromatic heterocycles. The third-order valence-corrected chi connectivity index (χ3v) is 4.01. The lowest BCUT2D eigenvalue weighted by atomic mass is 10.3. The van der Waals surface area contributed by atoms with Gasteiger partial charge in [0, 0.05) is 4.88 Å². The number of thiophene rings is 1. The molecule has 19 heavy (non-hydrogen) atoms. The van der Waals surface area contributed by atoms with E-state index in [1.807, 2.05) is 13.0 Å². The van der Waals surface area contributed by atoms with Crippen molar-refractivity contribution < 1.29 is 14.4 Å². The topological polar surface area (TPSA) is 67.4 Å². The molecular weight excluding hydrogens is 264 g/mol. The van der Waals surface area contributed by atoms with Gasteiger partial charge in [-0.25, -0.2) is 5.48 Å². The smallest absolute Gasteiger partial charge is 0.262 e. The predicted octanol–water partition coefficient (Wildman–Crippen LogP) is 1.78. The van der Waals surface area contributed by atoms with E-state index in [1.54, 1.807) is 6.07 Å². The summed E-state index contributed by atoms with van der Waals surface area (Å²) in [5, 5.41) is 2.57. The first kappa shape index (κ1) is 14.0. The summed E-state index contributed by atoms with van der Waals surface area (Å²) in [6.07, 6.45) is 4.39. The molecule has 2 rings (SSSR count). The average molecular weight is 282 g/mol. The van der Waals surface area contributed by atoms with Crippen LogP contribution >= 0.6 is 11.3 Å².